The molecular formula is C20H18F3N3O. The number of amides is 1. The second kappa shape index (κ2) is 7.70. The van der Waals surface area contributed by atoms with Gasteiger partial charge in [-0.05, 0) is 43.2 Å². The first-order chi connectivity index (χ1) is 12.9. The maximum Gasteiger partial charge on any atom is 0.417 e. The quantitative estimate of drug-likeness (QED) is 0.866. The highest BCUT2D eigenvalue weighted by molar-refractivity contribution is 5.93. The standard InChI is InChI=1S/C20H18F3N3O/c21-20(22,23)18-11-17(9-8-14(18)12-24)26-10-4-5-15(13-26)19(27)25-16-6-2-1-3-7-16/h1-3,6-9,11,15H,4-5,10,13H2,(H,25,27). The summed E-state index contributed by atoms with van der Waals surface area (Å²) < 4.78 is 39.6. The molecule has 0 bridgehead atoms. The first-order valence-electron chi connectivity index (χ1n) is 8.60. The van der Waals surface area contributed by atoms with Crippen LogP contribution in [0.15, 0.2) is 48.5 Å². The molecular weight excluding hydrogens is 355 g/mol. The maximum atomic E-state index is 13.2. The van der Waals surface area contributed by atoms with E-state index in [0.717, 1.165) is 6.07 Å². The molecule has 7 heteroatoms. The molecule has 27 heavy (non-hydrogen) atoms. The lowest BCUT2D eigenvalue weighted by molar-refractivity contribution is -0.137. The molecule has 1 aliphatic rings. The number of nitrogens with zero attached hydrogens (tertiary/aromatic N) is 2. The van der Waals surface area contributed by atoms with E-state index < -0.39 is 17.3 Å². The van der Waals surface area contributed by atoms with Crippen LogP contribution in [0.4, 0.5) is 24.5 Å². The van der Waals surface area contributed by atoms with Crippen LogP contribution in [0.25, 0.3) is 0 Å². The van der Waals surface area contributed by atoms with Crippen LogP contribution in [-0.2, 0) is 11.0 Å². The van der Waals surface area contributed by atoms with Crippen molar-refractivity contribution in [2.45, 2.75) is 19.0 Å². The van der Waals surface area contributed by atoms with Crippen LogP contribution in [0, 0.1) is 17.2 Å². The van der Waals surface area contributed by atoms with Crippen molar-refractivity contribution in [1.82, 2.24) is 0 Å². The second-order valence-corrected chi connectivity index (χ2v) is 6.48. The number of halogens is 3. The van der Waals surface area contributed by atoms with Gasteiger partial charge < -0.3 is 10.2 Å². The summed E-state index contributed by atoms with van der Waals surface area (Å²) in [7, 11) is 0. The van der Waals surface area contributed by atoms with Gasteiger partial charge in [0.2, 0.25) is 5.91 Å². The zero-order chi connectivity index (χ0) is 19.4. The van der Waals surface area contributed by atoms with Gasteiger partial charge in [-0.25, -0.2) is 0 Å². The monoisotopic (exact) mass is 373 g/mol. The van der Waals surface area contributed by atoms with E-state index in [1.54, 1.807) is 23.1 Å². The lowest BCUT2D eigenvalue weighted by atomic mass is 9.96. The number of benzene rings is 2. The molecule has 0 aromatic heterocycles. The fraction of sp³-hybridized carbons (Fsp3) is 0.300. The average molecular weight is 373 g/mol. The van der Waals surface area contributed by atoms with Crippen molar-refractivity contribution in [3.8, 4) is 6.07 Å². The van der Waals surface area contributed by atoms with E-state index in [2.05, 4.69) is 5.32 Å². The highest BCUT2D eigenvalue weighted by Crippen LogP contribution is 2.35. The lowest BCUT2D eigenvalue weighted by Crippen LogP contribution is -2.40. The molecule has 1 N–H and O–H groups in total. The Morgan fingerprint density at radius 1 is 1.19 bits per heavy atom. The third-order valence-electron chi connectivity index (χ3n) is 4.63. The summed E-state index contributed by atoms with van der Waals surface area (Å²) in [5.41, 5.74) is -0.282. The Morgan fingerprint density at radius 3 is 2.59 bits per heavy atom. The molecule has 1 heterocycles. The smallest absolute Gasteiger partial charge is 0.371 e. The predicted molar refractivity (Wildman–Crippen MR) is 96.2 cm³/mol. The molecule has 1 amide bonds. The maximum absolute atomic E-state index is 13.2. The molecule has 1 unspecified atom stereocenters. The zero-order valence-corrected chi connectivity index (χ0v) is 14.5. The van der Waals surface area contributed by atoms with E-state index in [9.17, 15) is 18.0 Å². The Hall–Kier alpha value is -3.01. The summed E-state index contributed by atoms with van der Waals surface area (Å²) >= 11 is 0. The molecule has 140 valence electrons. The number of nitrogens with one attached hydrogen (secondary N) is 1. The van der Waals surface area contributed by atoms with Crippen LogP contribution in [0.3, 0.4) is 0 Å². The Bertz CT molecular complexity index is 859. The fourth-order valence-corrected chi connectivity index (χ4v) is 3.25. The van der Waals surface area contributed by atoms with E-state index in [-0.39, 0.29) is 11.8 Å². The molecule has 1 atom stereocenters. The van der Waals surface area contributed by atoms with Crippen LogP contribution in [0.5, 0.6) is 0 Å². The molecule has 0 aliphatic carbocycles. The average Bonchev–Trinajstić information content (AvgIpc) is 2.67. The van der Waals surface area contributed by atoms with Gasteiger partial charge in [-0.15, -0.1) is 0 Å². The van der Waals surface area contributed by atoms with Crippen molar-refractivity contribution in [3.63, 3.8) is 0 Å². The predicted octanol–water partition coefficient (Wildman–Crippen LogP) is 4.43. The Kier molecular flexibility index (Phi) is 5.36. The minimum atomic E-state index is -4.60. The molecule has 0 radical (unpaired) electrons. The van der Waals surface area contributed by atoms with E-state index in [0.29, 0.717) is 37.3 Å². The normalized spacial score (nSPS) is 17.3. The molecule has 1 aliphatic heterocycles. The number of rotatable bonds is 3. The summed E-state index contributed by atoms with van der Waals surface area (Å²) in [6.07, 6.45) is -3.22. The highest BCUT2D eigenvalue weighted by atomic mass is 19.4. The van der Waals surface area contributed by atoms with Crippen molar-refractivity contribution in [3.05, 3.63) is 59.7 Å². The SMILES string of the molecule is N#Cc1ccc(N2CCCC(C(=O)Nc3ccccc3)C2)cc1C(F)(F)F. The van der Waals surface area contributed by atoms with Gasteiger partial charge in [0, 0.05) is 24.5 Å². The van der Waals surface area contributed by atoms with Crippen LogP contribution >= 0.6 is 0 Å². The fourth-order valence-electron chi connectivity index (χ4n) is 3.25. The molecule has 1 saturated heterocycles. The van der Waals surface area contributed by atoms with Gasteiger partial charge in [0.05, 0.1) is 23.1 Å². The molecule has 1 fully saturated rings. The molecule has 0 saturated carbocycles. The number of anilines is 2. The number of nitriles is 1. The van der Waals surface area contributed by atoms with Gasteiger partial charge in [0.1, 0.15) is 0 Å². The van der Waals surface area contributed by atoms with E-state index in [4.69, 9.17) is 5.26 Å². The number of alkyl halides is 3. The van der Waals surface area contributed by atoms with E-state index in [1.807, 2.05) is 18.2 Å². The summed E-state index contributed by atoms with van der Waals surface area (Å²) in [6.45, 7) is 0.903. The number of piperidine rings is 1. The molecule has 4 nitrogen and oxygen atoms in total. The lowest BCUT2D eigenvalue weighted by Gasteiger charge is -2.34. The van der Waals surface area contributed by atoms with Crippen molar-refractivity contribution < 1.29 is 18.0 Å². The van der Waals surface area contributed by atoms with Gasteiger partial charge >= 0.3 is 6.18 Å². The van der Waals surface area contributed by atoms with Gasteiger partial charge in [-0.2, -0.15) is 18.4 Å². The second-order valence-electron chi connectivity index (χ2n) is 6.48. The summed E-state index contributed by atoms with van der Waals surface area (Å²) in [6, 6.07) is 14.3. The van der Waals surface area contributed by atoms with Gasteiger partial charge in [0.25, 0.3) is 0 Å². The van der Waals surface area contributed by atoms with Crippen LogP contribution in [-0.4, -0.2) is 19.0 Å². The van der Waals surface area contributed by atoms with E-state index in [1.165, 1.54) is 12.1 Å². The van der Waals surface area contributed by atoms with Crippen LogP contribution in [0.2, 0.25) is 0 Å². The number of carbonyl (C=O) groups excluding carboxylic acids is 1. The number of carbonyl (C=O) groups is 1. The Morgan fingerprint density at radius 2 is 1.93 bits per heavy atom. The largest absolute Gasteiger partial charge is 0.417 e. The zero-order valence-electron chi connectivity index (χ0n) is 14.5. The molecule has 0 spiro atoms. The first kappa shape index (κ1) is 18.8. The van der Waals surface area contributed by atoms with Crippen LogP contribution in [0.1, 0.15) is 24.0 Å². The van der Waals surface area contributed by atoms with Gasteiger partial charge in [-0.1, -0.05) is 18.2 Å². The third kappa shape index (κ3) is 4.40. The number of hydrogen-bond acceptors (Lipinski definition) is 3. The Labute approximate surface area is 155 Å². The van der Waals surface area contributed by atoms with Gasteiger partial charge in [0.15, 0.2) is 0 Å². The topological polar surface area (TPSA) is 56.1 Å². The van der Waals surface area contributed by atoms with Crippen molar-refractivity contribution >= 4 is 17.3 Å². The molecule has 3 rings (SSSR count). The number of para-hydroxylation sites is 1. The van der Waals surface area contributed by atoms with Crippen LogP contribution < -0.4 is 10.2 Å². The summed E-state index contributed by atoms with van der Waals surface area (Å²) in [4.78, 5) is 14.3. The van der Waals surface area contributed by atoms with Crippen molar-refractivity contribution in [2.75, 3.05) is 23.3 Å². The third-order valence-corrected chi connectivity index (χ3v) is 4.63. The summed E-state index contributed by atoms with van der Waals surface area (Å²) in [5, 5.41) is 11.8. The van der Waals surface area contributed by atoms with Crippen molar-refractivity contribution in [1.29, 1.82) is 5.26 Å². The summed E-state index contributed by atoms with van der Waals surface area (Å²) in [5.74, 6) is -0.459. The minimum absolute atomic E-state index is 0.143. The number of hydrogen-bond donors (Lipinski definition) is 1. The van der Waals surface area contributed by atoms with E-state index >= 15 is 0 Å². The molecule has 2 aromatic carbocycles. The molecule has 2 aromatic rings. The Balaban J connectivity index is 1.76. The van der Waals surface area contributed by atoms with Crippen molar-refractivity contribution in [2.24, 2.45) is 5.92 Å². The minimum Gasteiger partial charge on any atom is -0.371 e. The van der Waals surface area contributed by atoms with Gasteiger partial charge in [-0.3, -0.25) is 4.79 Å². The first-order valence-corrected chi connectivity index (χ1v) is 8.60. The highest BCUT2D eigenvalue weighted by Gasteiger charge is 2.35.